The Morgan fingerprint density at radius 1 is 1.17 bits per heavy atom. The fourth-order valence-electron chi connectivity index (χ4n) is 2.73. The maximum atomic E-state index is 15.2. The topological polar surface area (TPSA) is 59.4 Å². The number of halogens is 3. The molecule has 0 amide bonds. The van der Waals surface area contributed by atoms with Gasteiger partial charge in [-0.3, -0.25) is 0 Å². The molecule has 0 radical (unpaired) electrons. The first-order valence-electron chi connectivity index (χ1n) is 8.99. The summed E-state index contributed by atoms with van der Waals surface area (Å²) in [6.07, 6.45) is 1.46. The third-order valence-corrected chi connectivity index (χ3v) is 5.86. The summed E-state index contributed by atoms with van der Waals surface area (Å²) in [6, 6.07) is 9.86. The molecule has 1 N–H and O–H groups in total. The van der Waals surface area contributed by atoms with Crippen LogP contribution in [0, 0.1) is 12.7 Å². The summed E-state index contributed by atoms with van der Waals surface area (Å²) in [7, 11) is 0. The van der Waals surface area contributed by atoms with Crippen LogP contribution < -0.4 is 4.74 Å². The van der Waals surface area contributed by atoms with E-state index in [4.69, 9.17) is 27.9 Å². The normalized spacial score (nSPS) is 11.0. The van der Waals surface area contributed by atoms with Gasteiger partial charge in [-0.2, -0.15) is 0 Å². The smallest absolute Gasteiger partial charge is 0.338 e. The molecule has 0 atom stereocenters. The van der Waals surface area contributed by atoms with E-state index in [1.54, 1.807) is 24.4 Å². The van der Waals surface area contributed by atoms with Crippen LogP contribution in [-0.2, 0) is 0 Å². The average Bonchev–Trinajstić information content (AvgIpc) is 2.67. The molecule has 30 heavy (non-hydrogen) atoms. The van der Waals surface area contributed by atoms with Crippen molar-refractivity contribution in [1.29, 1.82) is 0 Å². The molecule has 156 valence electrons. The molecule has 3 rings (SSSR count). The number of hydrogen-bond acceptors (Lipinski definition) is 4. The van der Waals surface area contributed by atoms with Crippen molar-refractivity contribution in [3.8, 4) is 17.0 Å². The molecule has 0 aliphatic rings. The van der Waals surface area contributed by atoms with Gasteiger partial charge in [0.1, 0.15) is 10.8 Å². The van der Waals surface area contributed by atoms with E-state index in [0.29, 0.717) is 26.3 Å². The molecular formula is C22H18Cl2FNO3S. The second-order valence-electron chi connectivity index (χ2n) is 6.82. The Kier molecular flexibility index (Phi) is 6.91. The fraction of sp³-hybridized carbons (Fsp3) is 0.182. The Balaban J connectivity index is 2.12. The second-order valence-corrected chi connectivity index (χ2v) is 8.72. The van der Waals surface area contributed by atoms with E-state index < -0.39 is 17.3 Å². The summed E-state index contributed by atoms with van der Waals surface area (Å²) >= 11 is 13.8. The third kappa shape index (κ3) is 4.89. The summed E-state index contributed by atoms with van der Waals surface area (Å²) in [5, 5.41) is 9.81. The van der Waals surface area contributed by atoms with E-state index >= 15 is 4.39 Å². The van der Waals surface area contributed by atoms with Crippen LogP contribution in [0.15, 0.2) is 52.4 Å². The Morgan fingerprint density at radius 2 is 1.83 bits per heavy atom. The van der Waals surface area contributed by atoms with Crippen LogP contribution in [0.25, 0.3) is 11.1 Å². The van der Waals surface area contributed by atoms with E-state index in [0.717, 1.165) is 23.4 Å². The molecule has 3 aromatic rings. The number of nitrogens with zero attached hydrogens (tertiary/aromatic N) is 1. The number of aromatic nitrogens is 1. The molecule has 8 heteroatoms. The van der Waals surface area contributed by atoms with Crippen molar-refractivity contribution >= 4 is 40.9 Å². The Labute approximate surface area is 188 Å². The quantitative estimate of drug-likeness (QED) is 0.419. The van der Waals surface area contributed by atoms with Crippen LogP contribution in [0.3, 0.4) is 0 Å². The molecule has 0 aliphatic carbocycles. The average molecular weight is 466 g/mol. The lowest BCUT2D eigenvalue weighted by molar-refractivity contribution is 0.0692. The number of carboxylic acids is 1. The molecule has 0 saturated heterocycles. The van der Waals surface area contributed by atoms with Gasteiger partial charge in [-0.05, 0) is 38.5 Å². The molecular weight excluding hydrogens is 448 g/mol. The first-order valence-corrected chi connectivity index (χ1v) is 10.6. The van der Waals surface area contributed by atoms with Crippen molar-refractivity contribution in [2.45, 2.75) is 36.7 Å². The summed E-state index contributed by atoms with van der Waals surface area (Å²) < 4.78 is 20.8. The number of carboxylic acid groups (broad SMARTS) is 1. The zero-order valence-corrected chi connectivity index (χ0v) is 18.7. The maximum Gasteiger partial charge on any atom is 0.338 e. The minimum absolute atomic E-state index is 0.0891. The predicted molar refractivity (Wildman–Crippen MR) is 118 cm³/mol. The van der Waals surface area contributed by atoms with Crippen molar-refractivity contribution < 1.29 is 19.0 Å². The lowest BCUT2D eigenvalue weighted by Gasteiger charge is -2.16. The lowest BCUT2D eigenvalue weighted by atomic mass is 10.0. The number of carbonyl (C=O) groups is 1. The highest BCUT2D eigenvalue weighted by Gasteiger charge is 2.23. The van der Waals surface area contributed by atoms with Crippen LogP contribution >= 0.6 is 35.0 Å². The van der Waals surface area contributed by atoms with E-state index in [-0.39, 0.29) is 16.7 Å². The summed E-state index contributed by atoms with van der Waals surface area (Å²) in [6.45, 7) is 5.63. The zero-order chi connectivity index (χ0) is 22.0. The largest absolute Gasteiger partial charge is 0.478 e. The van der Waals surface area contributed by atoms with E-state index in [2.05, 4.69) is 4.98 Å². The highest BCUT2D eigenvalue weighted by molar-refractivity contribution is 7.99. The Hall–Kier alpha value is -2.28. The van der Waals surface area contributed by atoms with Gasteiger partial charge >= 0.3 is 5.97 Å². The predicted octanol–water partition coefficient (Wildman–Crippen LogP) is 7.14. The van der Waals surface area contributed by atoms with Crippen LogP contribution in [-0.4, -0.2) is 22.2 Å². The van der Waals surface area contributed by atoms with Gasteiger partial charge in [-0.15, -0.1) is 0 Å². The Morgan fingerprint density at radius 3 is 2.40 bits per heavy atom. The van der Waals surface area contributed by atoms with Crippen LogP contribution in [0.1, 0.15) is 29.8 Å². The number of hydrogen-bond donors (Lipinski definition) is 1. The van der Waals surface area contributed by atoms with Gasteiger partial charge in [0, 0.05) is 21.6 Å². The van der Waals surface area contributed by atoms with Gasteiger partial charge in [-0.25, -0.2) is 14.2 Å². The van der Waals surface area contributed by atoms with Gasteiger partial charge < -0.3 is 9.84 Å². The standard InChI is InChI=1S/C22H18Cl2FNO3S/c1-11(2)29-21-17(24)8-14(10-26-21)30-20-16(23)9-15(22(27)28)19(25)18(20)13-6-4-12(3)5-7-13/h4-11H,1-3H3,(H,27,28). The van der Waals surface area contributed by atoms with Gasteiger partial charge in [-0.1, -0.05) is 64.8 Å². The van der Waals surface area contributed by atoms with Crippen molar-refractivity contribution in [2.75, 3.05) is 0 Å². The molecule has 0 saturated carbocycles. The maximum absolute atomic E-state index is 15.2. The van der Waals surface area contributed by atoms with Gasteiger partial charge in [0.05, 0.1) is 16.7 Å². The number of benzene rings is 2. The zero-order valence-electron chi connectivity index (χ0n) is 16.4. The van der Waals surface area contributed by atoms with Crippen LogP contribution in [0.5, 0.6) is 5.88 Å². The third-order valence-electron chi connectivity index (χ3n) is 4.09. The monoisotopic (exact) mass is 465 g/mol. The minimum atomic E-state index is -1.39. The summed E-state index contributed by atoms with van der Waals surface area (Å²) in [4.78, 5) is 16.7. The van der Waals surface area contributed by atoms with Crippen molar-refractivity contribution in [1.82, 2.24) is 4.98 Å². The number of pyridine rings is 1. The molecule has 1 aromatic heterocycles. The van der Waals surface area contributed by atoms with Crippen molar-refractivity contribution in [2.24, 2.45) is 0 Å². The van der Waals surface area contributed by atoms with Gasteiger partial charge in [0.2, 0.25) is 5.88 Å². The van der Waals surface area contributed by atoms with Gasteiger partial charge in [0.15, 0.2) is 0 Å². The SMILES string of the molecule is Cc1ccc(-c2c(F)c(C(=O)O)cc(Cl)c2Sc2cnc(OC(C)C)c(Cl)c2)cc1. The van der Waals surface area contributed by atoms with Crippen LogP contribution in [0.2, 0.25) is 10.0 Å². The molecule has 4 nitrogen and oxygen atoms in total. The van der Waals surface area contributed by atoms with Gasteiger partial charge in [0.25, 0.3) is 0 Å². The number of aryl methyl sites for hydroxylation is 1. The molecule has 0 fully saturated rings. The first kappa shape index (κ1) is 22.4. The highest BCUT2D eigenvalue weighted by atomic mass is 35.5. The van der Waals surface area contributed by atoms with Crippen LogP contribution in [0.4, 0.5) is 4.39 Å². The molecule has 0 aliphatic heterocycles. The molecule has 0 unspecified atom stereocenters. The van der Waals surface area contributed by atoms with E-state index in [9.17, 15) is 9.90 Å². The fourth-order valence-corrected chi connectivity index (χ4v) is 4.31. The number of rotatable bonds is 6. The summed E-state index contributed by atoms with van der Waals surface area (Å²) in [5.74, 6) is -1.94. The van der Waals surface area contributed by atoms with Crippen molar-refractivity contribution in [3.05, 3.63) is 69.6 Å². The molecule has 0 bridgehead atoms. The molecule has 2 aromatic carbocycles. The van der Waals surface area contributed by atoms with Crippen molar-refractivity contribution in [3.63, 3.8) is 0 Å². The lowest BCUT2D eigenvalue weighted by Crippen LogP contribution is -2.07. The molecule has 0 spiro atoms. The summed E-state index contributed by atoms with van der Waals surface area (Å²) in [5.41, 5.74) is 1.13. The highest BCUT2D eigenvalue weighted by Crippen LogP contribution is 2.44. The minimum Gasteiger partial charge on any atom is -0.478 e. The molecule has 1 heterocycles. The Bertz CT molecular complexity index is 1100. The van der Waals surface area contributed by atoms with E-state index in [1.807, 2.05) is 32.9 Å². The second kappa shape index (κ2) is 9.25. The number of ether oxygens (including phenoxy) is 1. The number of aromatic carboxylic acids is 1. The first-order chi connectivity index (χ1) is 14.2. The van der Waals surface area contributed by atoms with E-state index in [1.165, 1.54) is 0 Å².